The van der Waals surface area contributed by atoms with Crippen molar-refractivity contribution in [3.05, 3.63) is 60.8 Å². The molecule has 1 amide bonds. The summed E-state index contributed by atoms with van der Waals surface area (Å²) in [4.78, 5) is 25.0. The van der Waals surface area contributed by atoms with Crippen LogP contribution < -0.4 is 5.32 Å². The molecule has 0 bridgehead atoms. The number of rotatable bonds is 52. The number of esters is 1. The quantitative estimate of drug-likeness (QED) is 0.0195. The molecule has 1 fully saturated rings. The number of hydrogen-bond acceptors (Lipinski definition) is 10. The minimum atomic E-state index is -1.57. The second-order valence-electron chi connectivity index (χ2n) is 21.0. The molecule has 0 aromatic rings. The van der Waals surface area contributed by atoms with Gasteiger partial charge < -0.3 is 45.1 Å². The Kier molecular flexibility index (Phi) is 49.1. The monoisotopic (exact) mass is 1040 g/mol. The van der Waals surface area contributed by atoms with Crippen LogP contribution in [0.25, 0.3) is 0 Å². The molecule has 0 aromatic carbocycles. The van der Waals surface area contributed by atoms with Crippen molar-refractivity contribution in [1.82, 2.24) is 5.32 Å². The van der Waals surface area contributed by atoms with E-state index in [1.807, 2.05) is 6.08 Å². The summed E-state index contributed by atoms with van der Waals surface area (Å²) in [5.41, 5.74) is 0. The first-order valence-corrected chi connectivity index (χ1v) is 30.6. The Bertz CT molecular complexity index is 1410. The third-order valence-corrected chi connectivity index (χ3v) is 14.1. The zero-order valence-electron chi connectivity index (χ0n) is 47.3. The summed E-state index contributed by atoms with van der Waals surface area (Å²) >= 11 is 0. The van der Waals surface area contributed by atoms with E-state index < -0.39 is 49.5 Å². The average Bonchev–Trinajstić information content (AvgIpc) is 3.40. The topological polar surface area (TPSA) is 175 Å². The summed E-state index contributed by atoms with van der Waals surface area (Å²) in [6.07, 6.45) is 57.5. The van der Waals surface area contributed by atoms with Gasteiger partial charge in [0, 0.05) is 12.8 Å². The highest BCUT2D eigenvalue weighted by molar-refractivity contribution is 5.76. The fraction of sp³-hybridized carbons (Fsp3) is 0.810. The van der Waals surface area contributed by atoms with Crippen molar-refractivity contribution >= 4 is 11.9 Å². The summed E-state index contributed by atoms with van der Waals surface area (Å²) in [5.74, 6) is -0.216. The van der Waals surface area contributed by atoms with Gasteiger partial charge in [-0.1, -0.05) is 222 Å². The molecular formula is C63H113NO10. The van der Waals surface area contributed by atoms with Gasteiger partial charge in [0.05, 0.1) is 32.0 Å². The largest absolute Gasteiger partial charge is 0.466 e. The number of hydrogen-bond donors (Lipinski definition) is 6. The highest BCUT2D eigenvalue weighted by Crippen LogP contribution is 2.23. The average molecular weight is 1040 g/mol. The first kappa shape index (κ1) is 69.4. The number of unbranched alkanes of at least 4 members (excludes halogenated alkanes) is 30. The Hall–Kier alpha value is -2.64. The van der Waals surface area contributed by atoms with Gasteiger partial charge in [0.15, 0.2) is 6.29 Å². The number of nitrogens with one attached hydrogen (secondary N) is 1. The van der Waals surface area contributed by atoms with Gasteiger partial charge >= 0.3 is 5.97 Å². The molecule has 0 aromatic heterocycles. The zero-order chi connectivity index (χ0) is 53.8. The molecule has 1 heterocycles. The van der Waals surface area contributed by atoms with E-state index in [4.69, 9.17) is 14.2 Å². The van der Waals surface area contributed by atoms with Crippen LogP contribution in [0.2, 0.25) is 0 Å². The number of carbonyl (C=O) groups is 2. The lowest BCUT2D eigenvalue weighted by atomic mass is 9.99. The van der Waals surface area contributed by atoms with Crippen molar-refractivity contribution in [3.63, 3.8) is 0 Å². The molecule has 0 spiro atoms. The van der Waals surface area contributed by atoms with Gasteiger partial charge in [-0.05, 0) is 89.9 Å². The maximum Gasteiger partial charge on any atom is 0.305 e. The minimum absolute atomic E-state index is 0.0209. The van der Waals surface area contributed by atoms with Gasteiger partial charge in [0.25, 0.3) is 0 Å². The number of aliphatic hydroxyl groups is 5. The third-order valence-electron chi connectivity index (χ3n) is 14.1. The molecule has 1 rings (SSSR count). The van der Waals surface area contributed by atoms with Crippen LogP contribution in [0.1, 0.15) is 264 Å². The van der Waals surface area contributed by atoms with Crippen LogP contribution in [-0.4, -0.2) is 100 Å². The second kappa shape index (κ2) is 52.4. The number of allylic oxidation sites excluding steroid dienone is 9. The van der Waals surface area contributed by atoms with Crippen molar-refractivity contribution in [2.75, 3.05) is 19.8 Å². The van der Waals surface area contributed by atoms with Gasteiger partial charge in [-0.2, -0.15) is 0 Å². The third kappa shape index (κ3) is 41.5. The number of amides is 1. The summed E-state index contributed by atoms with van der Waals surface area (Å²) in [5, 5.41) is 54.3. The van der Waals surface area contributed by atoms with Crippen molar-refractivity contribution < 1.29 is 49.3 Å². The lowest BCUT2D eigenvalue weighted by Gasteiger charge is -2.40. The van der Waals surface area contributed by atoms with Gasteiger partial charge in [-0.25, -0.2) is 0 Å². The molecule has 1 aliphatic heterocycles. The van der Waals surface area contributed by atoms with Crippen LogP contribution in [0.4, 0.5) is 0 Å². The lowest BCUT2D eigenvalue weighted by Crippen LogP contribution is -2.60. The first-order valence-electron chi connectivity index (χ1n) is 30.6. The standard InChI is InChI=1S/C63H113NO10/c1-3-5-7-9-11-13-15-27-31-35-39-43-47-51-59(68)72-52-48-44-40-36-32-29-26-24-22-20-18-16-17-19-21-23-25-28-30-34-38-42-46-50-58(67)64-55(54-73-63-62(71)61(70)60(69)57(53-65)74-63)56(66)49-45-41-37-33-14-12-10-8-6-4-2/h7,9,13,15-16,18-19,21,45,49,55-57,60-63,65-66,69-71H,3-6,8,10-12,14,17,20,22-44,46-48,50-54H2,1-2H3,(H,64,67)/b9-7-,15-13-,18-16-,21-19-,49-45+. The van der Waals surface area contributed by atoms with Crippen molar-refractivity contribution in [3.8, 4) is 0 Å². The summed E-state index contributed by atoms with van der Waals surface area (Å²) < 4.78 is 16.7. The van der Waals surface area contributed by atoms with Crippen molar-refractivity contribution in [2.24, 2.45) is 0 Å². The Morgan fingerprint density at radius 1 is 0.500 bits per heavy atom. The van der Waals surface area contributed by atoms with E-state index in [1.54, 1.807) is 6.08 Å². The fourth-order valence-corrected chi connectivity index (χ4v) is 9.21. The van der Waals surface area contributed by atoms with E-state index >= 15 is 0 Å². The molecule has 0 radical (unpaired) electrons. The Morgan fingerprint density at radius 2 is 0.932 bits per heavy atom. The lowest BCUT2D eigenvalue weighted by molar-refractivity contribution is -0.302. The van der Waals surface area contributed by atoms with Crippen LogP contribution in [-0.2, 0) is 23.8 Å². The van der Waals surface area contributed by atoms with E-state index in [9.17, 15) is 35.1 Å². The molecule has 74 heavy (non-hydrogen) atoms. The fourth-order valence-electron chi connectivity index (χ4n) is 9.21. The Balaban J connectivity index is 2.04. The molecule has 7 unspecified atom stereocenters. The van der Waals surface area contributed by atoms with E-state index in [0.717, 1.165) is 103 Å². The second-order valence-corrected chi connectivity index (χ2v) is 21.0. The van der Waals surface area contributed by atoms with Crippen LogP contribution in [0.5, 0.6) is 0 Å². The van der Waals surface area contributed by atoms with E-state index in [0.29, 0.717) is 19.4 Å². The first-order chi connectivity index (χ1) is 36.2. The summed E-state index contributed by atoms with van der Waals surface area (Å²) in [7, 11) is 0. The van der Waals surface area contributed by atoms with E-state index in [-0.39, 0.29) is 18.5 Å². The van der Waals surface area contributed by atoms with Gasteiger partial charge in [-0.3, -0.25) is 9.59 Å². The molecule has 11 nitrogen and oxygen atoms in total. The maximum atomic E-state index is 13.0. The van der Waals surface area contributed by atoms with Crippen LogP contribution in [0.15, 0.2) is 60.8 Å². The molecule has 430 valence electrons. The van der Waals surface area contributed by atoms with Crippen molar-refractivity contribution in [2.45, 2.75) is 307 Å². The van der Waals surface area contributed by atoms with Crippen LogP contribution >= 0.6 is 0 Å². The molecule has 11 heteroatoms. The number of ether oxygens (including phenoxy) is 3. The van der Waals surface area contributed by atoms with Crippen LogP contribution in [0, 0.1) is 0 Å². The molecular weight excluding hydrogens is 931 g/mol. The number of aliphatic hydroxyl groups excluding tert-OH is 5. The van der Waals surface area contributed by atoms with Gasteiger partial charge in [0.1, 0.15) is 24.4 Å². The molecule has 7 atom stereocenters. The predicted octanol–water partition coefficient (Wildman–Crippen LogP) is 14.2. The zero-order valence-corrected chi connectivity index (χ0v) is 47.3. The normalized spacial score (nSPS) is 19.3. The molecule has 6 N–H and O–H groups in total. The van der Waals surface area contributed by atoms with Crippen molar-refractivity contribution in [1.29, 1.82) is 0 Å². The molecule has 1 saturated heterocycles. The van der Waals surface area contributed by atoms with Crippen LogP contribution in [0.3, 0.4) is 0 Å². The Morgan fingerprint density at radius 3 is 1.42 bits per heavy atom. The minimum Gasteiger partial charge on any atom is -0.466 e. The Labute approximate surface area is 452 Å². The highest BCUT2D eigenvalue weighted by Gasteiger charge is 2.44. The molecule has 0 aliphatic carbocycles. The molecule has 0 saturated carbocycles. The smallest absolute Gasteiger partial charge is 0.305 e. The molecule has 1 aliphatic rings. The maximum absolute atomic E-state index is 13.0. The summed E-state index contributed by atoms with van der Waals surface area (Å²) in [6.45, 7) is 4.24. The summed E-state index contributed by atoms with van der Waals surface area (Å²) in [6, 6.07) is -0.818. The number of carbonyl (C=O) groups excluding carboxylic acids is 2. The highest BCUT2D eigenvalue weighted by atomic mass is 16.7. The predicted molar refractivity (Wildman–Crippen MR) is 306 cm³/mol. The van der Waals surface area contributed by atoms with Gasteiger partial charge in [-0.15, -0.1) is 0 Å². The van der Waals surface area contributed by atoms with E-state index in [2.05, 4.69) is 67.8 Å². The van der Waals surface area contributed by atoms with Gasteiger partial charge in [0.2, 0.25) is 5.91 Å². The SMILES string of the molecule is CCC/C=C\C/C=C\CCCCCCCC(=O)OCCCCCCCCCCC/C=C\C/C=C\CCCCCCCCCC(=O)NC(COC1OC(CO)C(O)C(O)C1O)C(O)/C=C/CCCCCCCCCC. The van der Waals surface area contributed by atoms with E-state index in [1.165, 1.54) is 135 Å².